The van der Waals surface area contributed by atoms with E-state index in [1.54, 1.807) is 6.07 Å². The lowest BCUT2D eigenvalue weighted by atomic mass is 9.74. The lowest BCUT2D eigenvalue weighted by Crippen LogP contribution is -2.41. The fourth-order valence-electron chi connectivity index (χ4n) is 2.38. The van der Waals surface area contributed by atoms with Crippen LogP contribution in [-0.4, -0.2) is 30.9 Å². The van der Waals surface area contributed by atoms with Crippen molar-refractivity contribution in [2.75, 3.05) is 13.2 Å². The largest absolute Gasteiger partial charge is 0.481 e. The Kier molecular flexibility index (Phi) is 3.99. The second-order valence-corrected chi connectivity index (χ2v) is 4.37. The van der Waals surface area contributed by atoms with Crippen molar-refractivity contribution >= 4 is 5.97 Å². The van der Waals surface area contributed by atoms with Crippen molar-refractivity contribution in [3.05, 3.63) is 29.8 Å². The molecule has 0 aliphatic carbocycles. The molecule has 0 aromatic heterocycles. The van der Waals surface area contributed by atoms with Crippen molar-refractivity contribution in [1.29, 1.82) is 0 Å². The number of alkyl halides is 2. The van der Waals surface area contributed by atoms with Crippen LogP contribution in [0.3, 0.4) is 0 Å². The number of carboxylic acid groups (broad SMARTS) is 1. The molecular weight excluding hydrogens is 258 g/mol. The van der Waals surface area contributed by atoms with Crippen LogP contribution in [0.5, 0.6) is 5.75 Å². The Balaban J connectivity index is 2.44. The summed E-state index contributed by atoms with van der Waals surface area (Å²) in [7, 11) is 0. The molecule has 104 valence electrons. The highest BCUT2D eigenvalue weighted by Crippen LogP contribution is 2.40. The summed E-state index contributed by atoms with van der Waals surface area (Å²) < 4.78 is 34.4. The maximum Gasteiger partial charge on any atom is 0.387 e. The van der Waals surface area contributed by atoms with Gasteiger partial charge in [-0.3, -0.25) is 4.79 Å². The molecular formula is C13H14F2O4. The van der Waals surface area contributed by atoms with E-state index in [1.807, 2.05) is 0 Å². The molecule has 1 aliphatic heterocycles. The topological polar surface area (TPSA) is 55.8 Å². The number of para-hydroxylation sites is 1. The number of hydrogen-bond acceptors (Lipinski definition) is 3. The van der Waals surface area contributed by atoms with Crippen molar-refractivity contribution in [3.63, 3.8) is 0 Å². The molecule has 1 aliphatic rings. The third kappa shape index (κ3) is 2.68. The monoisotopic (exact) mass is 272 g/mol. The number of ether oxygens (including phenoxy) is 2. The third-order valence-electron chi connectivity index (χ3n) is 3.37. The molecule has 0 bridgehead atoms. The summed E-state index contributed by atoms with van der Waals surface area (Å²) in [6, 6.07) is 6.04. The number of benzene rings is 1. The van der Waals surface area contributed by atoms with Crippen LogP contribution in [-0.2, 0) is 14.9 Å². The molecule has 4 nitrogen and oxygen atoms in total. The molecule has 0 unspecified atom stereocenters. The molecule has 1 saturated heterocycles. The van der Waals surface area contributed by atoms with Crippen LogP contribution in [0.2, 0.25) is 0 Å². The van der Waals surface area contributed by atoms with E-state index < -0.39 is 18.0 Å². The van der Waals surface area contributed by atoms with Gasteiger partial charge in [0.2, 0.25) is 0 Å². The Bertz CT molecular complexity index is 456. The van der Waals surface area contributed by atoms with Crippen molar-refractivity contribution < 1.29 is 28.2 Å². The summed E-state index contributed by atoms with van der Waals surface area (Å²) in [6.45, 7) is -2.41. The zero-order valence-electron chi connectivity index (χ0n) is 10.1. The van der Waals surface area contributed by atoms with Crippen molar-refractivity contribution in [3.8, 4) is 5.75 Å². The predicted molar refractivity (Wildman–Crippen MR) is 62.4 cm³/mol. The van der Waals surface area contributed by atoms with Crippen LogP contribution >= 0.6 is 0 Å². The smallest absolute Gasteiger partial charge is 0.387 e. The summed E-state index contributed by atoms with van der Waals surface area (Å²) in [4.78, 5) is 11.6. The van der Waals surface area contributed by atoms with E-state index in [0.717, 1.165) is 0 Å². The first-order chi connectivity index (χ1) is 9.06. The minimum atomic E-state index is -2.98. The zero-order chi connectivity index (χ0) is 13.9. The van der Waals surface area contributed by atoms with E-state index in [9.17, 15) is 18.7 Å². The molecule has 1 fully saturated rings. The summed E-state index contributed by atoms with van der Waals surface area (Å²) in [5, 5.41) is 9.50. The zero-order valence-corrected chi connectivity index (χ0v) is 10.1. The summed E-state index contributed by atoms with van der Waals surface area (Å²) >= 11 is 0. The van der Waals surface area contributed by atoms with Gasteiger partial charge in [-0.25, -0.2) is 0 Å². The highest BCUT2D eigenvalue weighted by atomic mass is 19.3. The van der Waals surface area contributed by atoms with Gasteiger partial charge in [-0.1, -0.05) is 18.2 Å². The molecule has 0 atom stereocenters. The molecule has 0 spiro atoms. The summed E-state index contributed by atoms with van der Waals surface area (Å²) in [5.41, 5.74) is -0.935. The first kappa shape index (κ1) is 13.7. The maximum atomic E-state index is 12.4. The van der Waals surface area contributed by atoms with Gasteiger partial charge in [0.05, 0.1) is 0 Å². The Morgan fingerprint density at radius 2 is 1.95 bits per heavy atom. The minimum absolute atomic E-state index is 0.0817. The molecule has 1 heterocycles. The van der Waals surface area contributed by atoms with Crippen LogP contribution in [0.4, 0.5) is 8.78 Å². The molecule has 0 saturated carbocycles. The molecule has 1 aromatic carbocycles. The number of rotatable bonds is 4. The van der Waals surface area contributed by atoms with Gasteiger partial charge in [-0.2, -0.15) is 8.78 Å². The maximum absolute atomic E-state index is 12.4. The Labute approximate surface area is 108 Å². The van der Waals surface area contributed by atoms with Gasteiger partial charge in [0.1, 0.15) is 11.2 Å². The number of aliphatic carboxylic acids is 1. The standard InChI is InChI=1S/C13H14F2O4/c14-12(15)19-10-4-2-1-3-9(10)13(11(16)17)5-7-18-8-6-13/h1-4,12H,5-8H2,(H,16,17). The normalized spacial score (nSPS) is 18.3. The summed E-state index contributed by atoms with van der Waals surface area (Å²) in [5.74, 6) is -1.12. The van der Waals surface area contributed by atoms with E-state index >= 15 is 0 Å². The average molecular weight is 272 g/mol. The number of carbonyl (C=O) groups is 1. The number of hydrogen-bond donors (Lipinski definition) is 1. The molecule has 1 N–H and O–H groups in total. The van der Waals surface area contributed by atoms with Crippen LogP contribution in [0.15, 0.2) is 24.3 Å². The number of carboxylic acids is 1. The first-order valence-corrected chi connectivity index (χ1v) is 5.92. The molecule has 6 heteroatoms. The highest BCUT2D eigenvalue weighted by Gasteiger charge is 2.44. The third-order valence-corrected chi connectivity index (χ3v) is 3.37. The van der Waals surface area contributed by atoms with E-state index in [4.69, 9.17) is 4.74 Å². The van der Waals surface area contributed by atoms with Gasteiger partial charge in [0, 0.05) is 18.8 Å². The van der Waals surface area contributed by atoms with Crippen molar-refractivity contribution in [1.82, 2.24) is 0 Å². The minimum Gasteiger partial charge on any atom is -0.481 e. The average Bonchev–Trinajstić information content (AvgIpc) is 2.39. The van der Waals surface area contributed by atoms with Gasteiger partial charge >= 0.3 is 12.6 Å². The van der Waals surface area contributed by atoms with E-state index in [2.05, 4.69) is 4.74 Å². The van der Waals surface area contributed by atoms with E-state index in [-0.39, 0.29) is 37.4 Å². The van der Waals surface area contributed by atoms with Crippen molar-refractivity contribution in [2.45, 2.75) is 24.9 Å². The molecule has 1 aromatic rings. The highest BCUT2D eigenvalue weighted by molar-refractivity contribution is 5.82. The molecule has 0 amide bonds. The SMILES string of the molecule is O=C(O)C1(c2ccccc2OC(F)F)CCOCC1. The van der Waals surface area contributed by atoms with Crippen LogP contribution in [0.1, 0.15) is 18.4 Å². The van der Waals surface area contributed by atoms with Gasteiger partial charge in [0.25, 0.3) is 0 Å². The molecule has 19 heavy (non-hydrogen) atoms. The molecule has 2 rings (SSSR count). The van der Waals surface area contributed by atoms with Gasteiger partial charge in [-0.15, -0.1) is 0 Å². The van der Waals surface area contributed by atoms with E-state index in [1.165, 1.54) is 18.2 Å². The second-order valence-electron chi connectivity index (χ2n) is 4.37. The van der Waals surface area contributed by atoms with Crippen LogP contribution in [0, 0.1) is 0 Å². The fraction of sp³-hybridized carbons (Fsp3) is 0.462. The fourth-order valence-corrected chi connectivity index (χ4v) is 2.38. The quantitative estimate of drug-likeness (QED) is 0.914. The van der Waals surface area contributed by atoms with Gasteiger partial charge in [-0.05, 0) is 18.9 Å². The van der Waals surface area contributed by atoms with Crippen molar-refractivity contribution in [2.24, 2.45) is 0 Å². The lowest BCUT2D eigenvalue weighted by molar-refractivity contribution is -0.148. The Hall–Kier alpha value is -1.69. The first-order valence-electron chi connectivity index (χ1n) is 5.92. The lowest BCUT2D eigenvalue weighted by Gasteiger charge is -2.34. The molecule has 0 radical (unpaired) electrons. The van der Waals surface area contributed by atoms with E-state index in [0.29, 0.717) is 0 Å². The Morgan fingerprint density at radius 3 is 2.53 bits per heavy atom. The van der Waals surface area contributed by atoms with Crippen LogP contribution < -0.4 is 4.74 Å². The van der Waals surface area contributed by atoms with Gasteiger partial charge < -0.3 is 14.6 Å². The second kappa shape index (κ2) is 5.52. The van der Waals surface area contributed by atoms with Crippen LogP contribution in [0.25, 0.3) is 0 Å². The van der Waals surface area contributed by atoms with Gasteiger partial charge in [0.15, 0.2) is 0 Å². The number of halogens is 2. The Morgan fingerprint density at radius 1 is 1.32 bits per heavy atom. The summed E-state index contributed by atoms with van der Waals surface area (Å²) in [6.07, 6.45) is 0.484. The predicted octanol–water partition coefficient (Wildman–Crippen LogP) is 2.42.